The second-order valence-corrected chi connectivity index (χ2v) is 5.68. The van der Waals surface area contributed by atoms with Crippen LogP contribution in [-0.2, 0) is 9.53 Å². The van der Waals surface area contributed by atoms with Gasteiger partial charge in [0.25, 0.3) is 0 Å². The average Bonchev–Trinajstić information content (AvgIpc) is 2.59. The summed E-state index contributed by atoms with van der Waals surface area (Å²) in [5.74, 6) is -0.567. The molecule has 0 aliphatic rings. The van der Waals surface area contributed by atoms with Gasteiger partial charge in [0.2, 0.25) is 0 Å². The third kappa shape index (κ3) is 8.35. The van der Waals surface area contributed by atoms with E-state index >= 15 is 0 Å². The number of Topliss-reactive ketones (excluding diaryl/α,β-unsaturated/α-hetero) is 1. The molecule has 0 aliphatic heterocycles. The molecule has 23 heavy (non-hydrogen) atoms. The minimum atomic E-state index is -0.526. The molecule has 1 rings (SSSR count). The Balaban J connectivity index is 2.13. The first-order chi connectivity index (χ1) is 11.2. The lowest BCUT2D eigenvalue weighted by atomic mass is 10.1. The molecule has 5 nitrogen and oxygen atoms in total. The number of unbranched alkanes of at least 4 members (excludes halogenated alkanes) is 6. The van der Waals surface area contributed by atoms with Gasteiger partial charge in [-0.05, 0) is 30.7 Å². The van der Waals surface area contributed by atoms with Gasteiger partial charge in [-0.1, -0.05) is 45.4 Å². The second kappa shape index (κ2) is 11.7. The number of nitrogens with one attached hydrogen (secondary N) is 1. The van der Waals surface area contributed by atoms with E-state index in [0.29, 0.717) is 17.7 Å². The Labute approximate surface area is 138 Å². The van der Waals surface area contributed by atoms with E-state index in [1.807, 2.05) is 5.48 Å². The topological polar surface area (TPSA) is 75.6 Å². The van der Waals surface area contributed by atoms with Crippen molar-refractivity contribution in [1.82, 2.24) is 0 Å². The lowest BCUT2D eigenvalue weighted by molar-refractivity contribution is -0.122. The predicted octanol–water partition coefficient (Wildman–Crippen LogP) is 4.35. The smallest absolute Gasteiger partial charge is 0.338 e. The van der Waals surface area contributed by atoms with Crippen molar-refractivity contribution in [3.05, 3.63) is 29.8 Å². The highest BCUT2D eigenvalue weighted by Gasteiger charge is 2.10. The van der Waals surface area contributed by atoms with Gasteiger partial charge in [-0.3, -0.25) is 15.5 Å². The van der Waals surface area contributed by atoms with Crippen LogP contribution >= 0.6 is 0 Å². The number of benzene rings is 1. The van der Waals surface area contributed by atoms with E-state index in [-0.39, 0.29) is 12.4 Å². The molecule has 0 atom stereocenters. The molecule has 0 amide bonds. The van der Waals surface area contributed by atoms with Gasteiger partial charge in [0.05, 0.1) is 11.3 Å². The van der Waals surface area contributed by atoms with Crippen molar-refractivity contribution >= 4 is 17.4 Å². The Morgan fingerprint density at radius 3 is 2.22 bits per heavy atom. The molecule has 1 aromatic carbocycles. The van der Waals surface area contributed by atoms with Gasteiger partial charge in [-0.2, -0.15) is 0 Å². The largest absolute Gasteiger partial charge is 0.454 e. The van der Waals surface area contributed by atoms with Gasteiger partial charge in [-0.15, -0.1) is 0 Å². The molecule has 128 valence electrons. The summed E-state index contributed by atoms with van der Waals surface area (Å²) in [6.07, 6.45) is 8.57. The Morgan fingerprint density at radius 2 is 1.61 bits per heavy atom. The fourth-order valence-corrected chi connectivity index (χ4v) is 2.26. The van der Waals surface area contributed by atoms with Crippen molar-refractivity contribution in [1.29, 1.82) is 0 Å². The van der Waals surface area contributed by atoms with Crippen LogP contribution in [0.25, 0.3) is 0 Å². The lowest BCUT2D eigenvalue weighted by Gasteiger charge is -2.05. The maximum absolute atomic E-state index is 11.8. The molecule has 0 saturated carbocycles. The fourth-order valence-electron chi connectivity index (χ4n) is 2.26. The van der Waals surface area contributed by atoms with Crippen molar-refractivity contribution < 1.29 is 19.5 Å². The maximum atomic E-state index is 11.8. The van der Waals surface area contributed by atoms with E-state index in [1.54, 1.807) is 12.1 Å². The number of anilines is 1. The van der Waals surface area contributed by atoms with Gasteiger partial charge in [0.15, 0.2) is 5.78 Å². The van der Waals surface area contributed by atoms with Crippen LogP contribution in [-0.4, -0.2) is 23.6 Å². The number of esters is 1. The number of rotatable bonds is 12. The summed E-state index contributed by atoms with van der Waals surface area (Å²) in [6.45, 7) is 2.02. The molecule has 0 unspecified atom stereocenters. The average molecular weight is 321 g/mol. The van der Waals surface area contributed by atoms with Crippen LogP contribution in [0.15, 0.2) is 24.3 Å². The zero-order valence-corrected chi connectivity index (χ0v) is 13.8. The quantitative estimate of drug-likeness (QED) is 0.340. The highest BCUT2D eigenvalue weighted by Crippen LogP contribution is 2.11. The molecule has 0 saturated heterocycles. The number of hydrogen-bond donors (Lipinski definition) is 2. The molecule has 1 aromatic rings. The summed E-state index contributed by atoms with van der Waals surface area (Å²) in [7, 11) is 0. The summed E-state index contributed by atoms with van der Waals surface area (Å²) in [6, 6.07) is 6.16. The van der Waals surface area contributed by atoms with E-state index in [0.717, 1.165) is 19.3 Å². The predicted molar refractivity (Wildman–Crippen MR) is 89.8 cm³/mol. The number of hydrogen-bond acceptors (Lipinski definition) is 5. The maximum Gasteiger partial charge on any atom is 0.338 e. The standard InChI is InChI=1S/C18H27NO4/c1-2-3-4-5-6-7-8-9-17(20)14-23-18(21)15-10-12-16(19-22)13-11-15/h10-13,19,22H,2-9,14H2,1H3. The Morgan fingerprint density at radius 1 is 1.00 bits per heavy atom. The third-order valence-corrected chi connectivity index (χ3v) is 3.67. The first-order valence-electron chi connectivity index (χ1n) is 8.36. The minimum Gasteiger partial charge on any atom is -0.454 e. The van der Waals surface area contributed by atoms with Crippen LogP contribution in [0, 0.1) is 0 Å². The SMILES string of the molecule is CCCCCCCCCC(=O)COC(=O)c1ccc(NO)cc1. The molecule has 5 heteroatoms. The number of ether oxygens (including phenoxy) is 1. The first kappa shape index (κ1) is 19.2. The van der Waals surface area contributed by atoms with Gasteiger partial charge >= 0.3 is 5.97 Å². The molecular formula is C18H27NO4. The first-order valence-corrected chi connectivity index (χ1v) is 8.36. The van der Waals surface area contributed by atoms with Crippen LogP contribution in [0.3, 0.4) is 0 Å². The van der Waals surface area contributed by atoms with Gasteiger partial charge in [0.1, 0.15) is 6.61 Å². The Kier molecular flexibility index (Phi) is 9.71. The molecule has 0 aliphatic carbocycles. The monoisotopic (exact) mass is 321 g/mol. The molecule has 0 spiro atoms. The Bertz CT molecular complexity index is 470. The zero-order chi connectivity index (χ0) is 16.9. The number of carbonyl (C=O) groups excluding carboxylic acids is 2. The highest BCUT2D eigenvalue weighted by molar-refractivity contribution is 5.91. The van der Waals surface area contributed by atoms with E-state index in [9.17, 15) is 9.59 Å². The van der Waals surface area contributed by atoms with Crippen LogP contribution in [0.2, 0.25) is 0 Å². The van der Waals surface area contributed by atoms with Crippen LogP contribution < -0.4 is 5.48 Å². The second-order valence-electron chi connectivity index (χ2n) is 5.68. The summed E-state index contributed by atoms with van der Waals surface area (Å²) in [4.78, 5) is 23.5. The third-order valence-electron chi connectivity index (χ3n) is 3.67. The summed E-state index contributed by atoms with van der Waals surface area (Å²) in [5.41, 5.74) is 2.82. The fraction of sp³-hybridized carbons (Fsp3) is 0.556. The van der Waals surface area contributed by atoms with Crippen LogP contribution in [0.4, 0.5) is 5.69 Å². The molecular weight excluding hydrogens is 294 g/mol. The zero-order valence-electron chi connectivity index (χ0n) is 13.8. The molecule has 0 aromatic heterocycles. The minimum absolute atomic E-state index is 0.0412. The van der Waals surface area contributed by atoms with Crippen LogP contribution in [0.1, 0.15) is 68.6 Å². The Hall–Kier alpha value is -1.88. The van der Waals surface area contributed by atoms with Crippen LogP contribution in [0.5, 0.6) is 0 Å². The normalized spacial score (nSPS) is 10.3. The van der Waals surface area contributed by atoms with Crippen molar-refractivity contribution in [3.63, 3.8) is 0 Å². The summed E-state index contributed by atoms with van der Waals surface area (Å²) >= 11 is 0. The van der Waals surface area contributed by atoms with E-state index in [4.69, 9.17) is 9.94 Å². The molecule has 0 radical (unpaired) electrons. The van der Waals surface area contributed by atoms with E-state index < -0.39 is 5.97 Å². The number of ketones is 1. The summed E-state index contributed by atoms with van der Waals surface area (Å²) in [5, 5.41) is 8.70. The van der Waals surface area contributed by atoms with Gasteiger partial charge < -0.3 is 4.74 Å². The molecule has 0 bridgehead atoms. The molecule has 0 fully saturated rings. The van der Waals surface area contributed by atoms with Gasteiger partial charge in [-0.25, -0.2) is 4.79 Å². The molecule has 2 N–H and O–H groups in total. The van der Waals surface area contributed by atoms with E-state index in [2.05, 4.69) is 6.92 Å². The number of carbonyl (C=O) groups is 2. The van der Waals surface area contributed by atoms with Crippen molar-refractivity contribution in [2.24, 2.45) is 0 Å². The van der Waals surface area contributed by atoms with Crippen molar-refractivity contribution in [3.8, 4) is 0 Å². The highest BCUT2D eigenvalue weighted by atomic mass is 16.5. The van der Waals surface area contributed by atoms with Gasteiger partial charge in [0, 0.05) is 6.42 Å². The van der Waals surface area contributed by atoms with Crippen molar-refractivity contribution in [2.75, 3.05) is 12.1 Å². The van der Waals surface area contributed by atoms with E-state index in [1.165, 1.54) is 37.8 Å². The van der Waals surface area contributed by atoms with Crippen molar-refractivity contribution in [2.45, 2.75) is 58.3 Å². The summed E-state index contributed by atoms with van der Waals surface area (Å²) < 4.78 is 5.00. The lowest BCUT2D eigenvalue weighted by Crippen LogP contribution is -2.13. The molecule has 0 heterocycles.